The zero-order valence-electron chi connectivity index (χ0n) is 14.4. The lowest BCUT2D eigenvalue weighted by molar-refractivity contribution is 0.0773. The summed E-state index contributed by atoms with van der Waals surface area (Å²) >= 11 is 7.80. The Morgan fingerprint density at radius 3 is 2.63 bits per heavy atom. The normalized spacial score (nSPS) is 14.4. The molecule has 1 fully saturated rings. The van der Waals surface area contributed by atoms with E-state index < -0.39 is 0 Å². The van der Waals surface area contributed by atoms with Gasteiger partial charge in [-0.15, -0.1) is 0 Å². The molecule has 0 bridgehead atoms. The molecule has 138 valence electrons. The fourth-order valence-electron chi connectivity index (χ4n) is 3.08. The van der Waals surface area contributed by atoms with Crippen molar-refractivity contribution in [2.75, 3.05) is 29.9 Å². The van der Waals surface area contributed by atoms with E-state index in [1.165, 1.54) is 12.1 Å². The summed E-state index contributed by atoms with van der Waals surface area (Å²) in [5, 5.41) is 4.46. The molecule has 2 aromatic carbocycles. The van der Waals surface area contributed by atoms with Crippen molar-refractivity contribution in [2.24, 2.45) is 0 Å². The van der Waals surface area contributed by atoms with Crippen molar-refractivity contribution in [1.82, 2.24) is 9.88 Å². The number of pyridine rings is 1. The first kappa shape index (κ1) is 18.1. The van der Waals surface area contributed by atoms with Crippen LogP contribution in [0.1, 0.15) is 10.4 Å². The first-order valence-electron chi connectivity index (χ1n) is 8.60. The van der Waals surface area contributed by atoms with Crippen molar-refractivity contribution in [1.29, 1.82) is 0 Å². The summed E-state index contributed by atoms with van der Waals surface area (Å²) in [6.45, 7) is 1.40. The van der Waals surface area contributed by atoms with Crippen molar-refractivity contribution in [3.05, 3.63) is 65.1 Å². The molecule has 1 aliphatic heterocycles. The highest BCUT2D eigenvalue weighted by atomic mass is 35.5. The SMILES string of the molecule is O=C(c1cnc2ccc(F)cc2c1Nc1ccc(Cl)cc1)N1CCSCC1. The Hall–Kier alpha value is -2.31. The number of aromatic nitrogens is 1. The second kappa shape index (κ2) is 7.74. The van der Waals surface area contributed by atoms with Gasteiger partial charge in [-0.1, -0.05) is 11.6 Å². The summed E-state index contributed by atoms with van der Waals surface area (Å²) in [7, 11) is 0. The minimum Gasteiger partial charge on any atom is -0.354 e. The molecule has 1 amide bonds. The van der Waals surface area contributed by atoms with Crippen molar-refractivity contribution >= 4 is 51.5 Å². The number of fused-ring (bicyclic) bond motifs is 1. The maximum atomic E-state index is 13.9. The average molecular weight is 402 g/mol. The zero-order chi connectivity index (χ0) is 18.8. The number of halogens is 2. The molecule has 0 spiro atoms. The number of carbonyl (C=O) groups excluding carboxylic acids is 1. The summed E-state index contributed by atoms with van der Waals surface area (Å²) in [5.41, 5.74) is 2.39. The number of benzene rings is 2. The largest absolute Gasteiger partial charge is 0.354 e. The van der Waals surface area contributed by atoms with Crippen LogP contribution in [0.25, 0.3) is 10.9 Å². The fourth-order valence-corrected chi connectivity index (χ4v) is 4.11. The van der Waals surface area contributed by atoms with Gasteiger partial charge in [0, 0.05) is 46.9 Å². The molecule has 7 heteroatoms. The predicted molar refractivity (Wildman–Crippen MR) is 110 cm³/mol. The second-order valence-electron chi connectivity index (χ2n) is 6.24. The Morgan fingerprint density at radius 2 is 1.89 bits per heavy atom. The summed E-state index contributed by atoms with van der Waals surface area (Å²) < 4.78 is 13.9. The second-order valence-corrected chi connectivity index (χ2v) is 7.91. The van der Waals surface area contributed by atoms with Crippen LogP contribution in [-0.4, -0.2) is 40.4 Å². The molecular weight excluding hydrogens is 385 g/mol. The van der Waals surface area contributed by atoms with Gasteiger partial charge < -0.3 is 10.2 Å². The van der Waals surface area contributed by atoms with E-state index in [9.17, 15) is 9.18 Å². The fraction of sp³-hybridized carbons (Fsp3) is 0.200. The Kier molecular flexibility index (Phi) is 5.18. The molecular formula is C20H17ClFN3OS. The van der Waals surface area contributed by atoms with E-state index in [0.29, 0.717) is 40.3 Å². The Labute approximate surface area is 165 Å². The van der Waals surface area contributed by atoms with Crippen LogP contribution in [0, 0.1) is 5.82 Å². The third-order valence-corrected chi connectivity index (χ3v) is 5.67. The number of thioether (sulfide) groups is 1. The van der Waals surface area contributed by atoms with Gasteiger partial charge >= 0.3 is 0 Å². The van der Waals surface area contributed by atoms with E-state index in [2.05, 4.69) is 10.3 Å². The van der Waals surface area contributed by atoms with E-state index in [1.807, 2.05) is 28.8 Å². The van der Waals surface area contributed by atoms with Gasteiger partial charge in [0.25, 0.3) is 5.91 Å². The maximum absolute atomic E-state index is 13.9. The number of carbonyl (C=O) groups is 1. The molecule has 27 heavy (non-hydrogen) atoms. The highest BCUT2D eigenvalue weighted by Gasteiger charge is 2.23. The minimum atomic E-state index is -0.373. The monoisotopic (exact) mass is 401 g/mol. The summed E-state index contributed by atoms with van der Waals surface area (Å²) in [4.78, 5) is 19.3. The van der Waals surface area contributed by atoms with Crippen molar-refractivity contribution in [2.45, 2.75) is 0 Å². The molecule has 1 N–H and O–H groups in total. The molecule has 2 heterocycles. The zero-order valence-corrected chi connectivity index (χ0v) is 16.0. The van der Waals surface area contributed by atoms with Crippen LogP contribution in [-0.2, 0) is 0 Å². The van der Waals surface area contributed by atoms with E-state index in [1.54, 1.807) is 24.4 Å². The molecule has 3 aromatic rings. The Balaban J connectivity index is 1.81. The Bertz CT molecular complexity index is 990. The quantitative estimate of drug-likeness (QED) is 0.673. The van der Waals surface area contributed by atoms with Crippen LogP contribution in [0.4, 0.5) is 15.8 Å². The van der Waals surface area contributed by atoms with Gasteiger partial charge in [0.15, 0.2) is 0 Å². The molecule has 0 saturated carbocycles. The molecule has 1 aromatic heterocycles. The highest BCUT2D eigenvalue weighted by molar-refractivity contribution is 7.99. The van der Waals surface area contributed by atoms with Crippen LogP contribution < -0.4 is 5.32 Å². The van der Waals surface area contributed by atoms with Gasteiger partial charge in [-0.05, 0) is 42.5 Å². The lowest BCUT2D eigenvalue weighted by atomic mass is 10.1. The van der Waals surface area contributed by atoms with Crippen LogP contribution >= 0.6 is 23.4 Å². The van der Waals surface area contributed by atoms with E-state index in [4.69, 9.17) is 11.6 Å². The molecule has 0 unspecified atom stereocenters. The maximum Gasteiger partial charge on any atom is 0.257 e. The van der Waals surface area contributed by atoms with Gasteiger partial charge in [-0.3, -0.25) is 9.78 Å². The van der Waals surface area contributed by atoms with Gasteiger partial charge in [-0.2, -0.15) is 11.8 Å². The third-order valence-electron chi connectivity index (χ3n) is 4.47. The lowest BCUT2D eigenvalue weighted by Crippen LogP contribution is -2.38. The Morgan fingerprint density at radius 1 is 1.15 bits per heavy atom. The number of nitrogens with one attached hydrogen (secondary N) is 1. The van der Waals surface area contributed by atoms with Crippen LogP contribution in [0.3, 0.4) is 0 Å². The number of hydrogen-bond donors (Lipinski definition) is 1. The summed E-state index contributed by atoms with van der Waals surface area (Å²) in [6, 6.07) is 11.5. The minimum absolute atomic E-state index is 0.0922. The number of amides is 1. The van der Waals surface area contributed by atoms with Crippen molar-refractivity contribution < 1.29 is 9.18 Å². The molecule has 1 saturated heterocycles. The van der Waals surface area contributed by atoms with E-state index >= 15 is 0 Å². The predicted octanol–water partition coefficient (Wildman–Crippen LogP) is 4.96. The smallest absolute Gasteiger partial charge is 0.257 e. The van der Waals surface area contributed by atoms with Gasteiger partial charge in [-0.25, -0.2) is 4.39 Å². The third kappa shape index (κ3) is 3.87. The van der Waals surface area contributed by atoms with Crippen LogP contribution in [0.5, 0.6) is 0 Å². The van der Waals surface area contributed by atoms with Gasteiger partial charge in [0.1, 0.15) is 5.82 Å². The molecule has 0 radical (unpaired) electrons. The van der Waals surface area contributed by atoms with E-state index in [-0.39, 0.29) is 11.7 Å². The molecule has 0 atom stereocenters. The number of hydrogen-bond acceptors (Lipinski definition) is 4. The average Bonchev–Trinajstić information content (AvgIpc) is 2.70. The number of nitrogens with zero attached hydrogens (tertiary/aromatic N) is 2. The molecule has 4 rings (SSSR count). The van der Waals surface area contributed by atoms with Crippen LogP contribution in [0.2, 0.25) is 5.02 Å². The topological polar surface area (TPSA) is 45.2 Å². The molecule has 0 aliphatic carbocycles. The van der Waals surface area contributed by atoms with Crippen molar-refractivity contribution in [3.63, 3.8) is 0 Å². The molecule has 4 nitrogen and oxygen atoms in total. The summed E-state index contributed by atoms with van der Waals surface area (Å²) in [6.07, 6.45) is 1.57. The lowest BCUT2D eigenvalue weighted by Gasteiger charge is -2.27. The van der Waals surface area contributed by atoms with Crippen molar-refractivity contribution in [3.8, 4) is 0 Å². The summed E-state index contributed by atoms with van der Waals surface area (Å²) in [5.74, 6) is 1.37. The molecule has 1 aliphatic rings. The highest BCUT2D eigenvalue weighted by Crippen LogP contribution is 2.31. The van der Waals surface area contributed by atoms with Gasteiger partial charge in [0.2, 0.25) is 0 Å². The first-order chi connectivity index (χ1) is 13.1. The first-order valence-corrected chi connectivity index (χ1v) is 10.1. The van der Waals surface area contributed by atoms with E-state index in [0.717, 1.165) is 17.2 Å². The number of rotatable bonds is 3. The number of anilines is 2. The standard InChI is InChI=1S/C20H17ClFN3OS/c21-13-1-4-15(5-2-13)24-19-16-11-14(22)3-6-18(16)23-12-17(19)20(26)25-7-9-27-10-8-25/h1-6,11-12H,7-10H2,(H,23,24). The van der Waals surface area contributed by atoms with Gasteiger partial charge in [0.05, 0.1) is 16.8 Å². The van der Waals surface area contributed by atoms with Crippen LogP contribution in [0.15, 0.2) is 48.7 Å².